The highest BCUT2D eigenvalue weighted by Gasteiger charge is 2.35. The van der Waals surface area contributed by atoms with Crippen LogP contribution in [0.3, 0.4) is 0 Å². The van der Waals surface area contributed by atoms with E-state index in [1.54, 1.807) is 23.1 Å². The third-order valence-corrected chi connectivity index (χ3v) is 4.13. The van der Waals surface area contributed by atoms with Crippen LogP contribution in [0.25, 0.3) is 0 Å². The number of fused-ring (bicyclic) bond motifs is 1. The highest BCUT2D eigenvalue weighted by Crippen LogP contribution is 2.35. The Labute approximate surface area is 145 Å². The molecular weight excluding hydrogens is 326 g/mol. The molecule has 2 heterocycles. The maximum Gasteiger partial charge on any atom is 0.227 e. The minimum Gasteiger partial charge on any atom is -0.486 e. The summed E-state index contributed by atoms with van der Waals surface area (Å²) in [6.45, 7) is 3.44. The lowest BCUT2D eigenvalue weighted by Crippen LogP contribution is -2.37. The van der Waals surface area contributed by atoms with Crippen LogP contribution in [0.2, 0.25) is 0 Å². The molecule has 0 spiro atoms. The molecule has 1 aromatic rings. The third kappa shape index (κ3) is 4.01. The molecule has 0 aliphatic carbocycles. The van der Waals surface area contributed by atoms with Crippen LogP contribution in [0, 0.1) is 5.92 Å². The number of hydrogen-bond acceptors (Lipinski definition) is 5. The smallest absolute Gasteiger partial charge is 0.227 e. The number of nitrogens with zero attached hydrogens (tertiary/aromatic N) is 1. The summed E-state index contributed by atoms with van der Waals surface area (Å²) in [5.74, 6) is 0.444. The van der Waals surface area contributed by atoms with Gasteiger partial charge in [-0.1, -0.05) is 0 Å². The SMILES string of the molecule is CC(=O)NCCNC(=O)C1CC(=O)N(c2ccc3c(c2)OCCO3)C1. The first-order chi connectivity index (χ1) is 12.0. The second-order valence-corrected chi connectivity index (χ2v) is 6.01. The van der Waals surface area contributed by atoms with E-state index >= 15 is 0 Å². The van der Waals surface area contributed by atoms with E-state index in [2.05, 4.69) is 10.6 Å². The van der Waals surface area contributed by atoms with Gasteiger partial charge in [0.15, 0.2) is 11.5 Å². The van der Waals surface area contributed by atoms with E-state index in [9.17, 15) is 14.4 Å². The van der Waals surface area contributed by atoms with Gasteiger partial charge in [0.05, 0.1) is 5.92 Å². The Morgan fingerprint density at radius 1 is 1.16 bits per heavy atom. The molecule has 0 saturated carbocycles. The van der Waals surface area contributed by atoms with Gasteiger partial charge in [-0.05, 0) is 12.1 Å². The summed E-state index contributed by atoms with van der Waals surface area (Å²) in [5, 5.41) is 5.35. The van der Waals surface area contributed by atoms with Crippen molar-refractivity contribution < 1.29 is 23.9 Å². The fourth-order valence-electron chi connectivity index (χ4n) is 2.90. The van der Waals surface area contributed by atoms with Crippen molar-refractivity contribution in [2.45, 2.75) is 13.3 Å². The first-order valence-electron chi connectivity index (χ1n) is 8.27. The molecule has 0 aromatic heterocycles. The number of hydrogen-bond donors (Lipinski definition) is 2. The lowest BCUT2D eigenvalue weighted by Gasteiger charge is -2.22. The summed E-state index contributed by atoms with van der Waals surface area (Å²) in [4.78, 5) is 36.9. The normalized spacial score (nSPS) is 18.8. The summed E-state index contributed by atoms with van der Waals surface area (Å²) in [6, 6.07) is 5.34. The molecular formula is C17H21N3O5. The average Bonchev–Trinajstić information content (AvgIpc) is 3.00. The predicted molar refractivity (Wildman–Crippen MR) is 89.6 cm³/mol. The molecule has 1 atom stereocenters. The molecule has 1 fully saturated rings. The van der Waals surface area contributed by atoms with E-state index in [0.717, 1.165) is 0 Å². The Morgan fingerprint density at radius 3 is 2.64 bits per heavy atom. The topological polar surface area (TPSA) is 97.0 Å². The van der Waals surface area contributed by atoms with Crippen LogP contribution in [-0.2, 0) is 14.4 Å². The van der Waals surface area contributed by atoms with E-state index in [1.165, 1.54) is 6.92 Å². The van der Waals surface area contributed by atoms with Crippen molar-refractivity contribution in [3.63, 3.8) is 0 Å². The standard InChI is InChI=1S/C17H21N3O5/c1-11(21)18-4-5-19-17(23)12-8-16(22)20(10-12)13-2-3-14-15(9-13)25-7-6-24-14/h2-3,9,12H,4-8,10H2,1H3,(H,18,21)(H,19,23). The number of rotatable bonds is 5. The van der Waals surface area contributed by atoms with Gasteiger partial charge < -0.3 is 25.0 Å². The van der Waals surface area contributed by atoms with Gasteiger partial charge in [0, 0.05) is 44.7 Å². The zero-order valence-corrected chi connectivity index (χ0v) is 14.0. The highest BCUT2D eigenvalue weighted by atomic mass is 16.6. The second kappa shape index (κ2) is 7.42. The molecule has 25 heavy (non-hydrogen) atoms. The van der Waals surface area contributed by atoms with E-state index in [4.69, 9.17) is 9.47 Å². The van der Waals surface area contributed by atoms with Crippen LogP contribution < -0.4 is 25.0 Å². The van der Waals surface area contributed by atoms with Crippen LogP contribution in [0.4, 0.5) is 5.69 Å². The molecule has 8 nitrogen and oxygen atoms in total. The Morgan fingerprint density at radius 2 is 1.88 bits per heavy atom. The first kappa shape index (κ1) is 17.1. The number of benzene rings is 1. The molecule has 134 valence electrons. The van der Waals surface area contributed by atoms with Crippen LogP contribution >= 0.6 is 0 Å². The molecule has 3 amide bonds. The molecule has 0 bridgehead atoms. The Hall–Kier alpha value is -2.77. The minimum absolute atomic E-state index is 0.0984. The van der Waals surface area contributed by atoms with Gasteiger partial charge in [0.1, 0.15) is 13.2 Å². The second-order valence-electron chi connectivity index (χ2n) is 6.01. The molecule has 1 aromatic carbocycles. The number of ether oxygens (including phenoxy) is 2. The van der Waals surface area contributed by atoms with Crippen molar-refractivity contribution in [1.29, 1.82) is 0 Å². The van der Waals surface area contributed by atoms with Crippen LogP contribution in [0.15, 0.2) is 18.2 Å². The predicted octanol–water partition coefficient (Wildman–Crippen LogP) is 0.0630. The van der Waals surface area contributed by atoms with E-state index in [1.807, 2.05) is 0 Å². The number of carbonyl (C=O) groups is 3. The number of nitrogens with one attached hydrogen (secondary N) is 2. The summed E-state index contributed by atoms with van der Waals surface area (Å²) in [5.41, 5.74) is 0.697. The van der Waals surface area contributed by atoms with Crippen molar-refractivity contribution in [2.24, 2.45) is 5.92 Å². The fourth-order valence-corrected chi connectivity index (χ4v) is 2.90. The van der Waals surface area contributed by atoms with E-state index < -0.39 is 5.92 Å². The average molecular weight is 347 g/mol. The summed E-state index contributed by atoms with van der Waals surface area (Å²) >= 11 is 0. The van der Waals surface area contributed by atoms with Gasteiger partial charge in [-0.25, -0.2) is 0 Å². The lowest BCUT2D eigenvalue weighted by molar-refractivity contribution is -0.126. The Bertz CT molecular complexity index is 691. The first-order valence-corrected chi connectivity index (χ1v) is 8.27. The Kier molecular flexibility index (Phi) is 5.06. The lowest BCUT2D eigenvalue weighted by atomic mass is 10.1. The van der Waals surface area contributed by atoms with Gasteiger partial charge in [-0.3, -0.25) is 14.4 Å². The van der Waals surface area contributed by atoms with Crippen LogP contribution in [0.5, 0.6) is 11.5 Å². The number of anilines is 1. The van der Waals surface area contributed by atoms with E-state index in [-0.39, 0.29) is 24.1 Å². The Balaban J connectivity index is 1.58. The van der Waals surface area contributed by atoms with E-state index in [0.29, 0.717) is 50.0 Å². The summed E-state index contributed by atoms with van der Waals surface area (Å²) in [6.07, 6.45) is 0.167. The van der Waals surface area contributed by atoms with Gasteiger partial charge in [0.25, 0.3) is 0 Å². The van der Waals surface area contributed by atoms with Gasteiger partial charge in [-0.15, -0.1) is 0 Å². The molecule has 1 saturated heterocycles. The molecule has 2 aliphatic heterocycles. The van der Waals surface area contributed by atoms with Gasteiger partial charge in [0.2, 0.25) is 17.7 Å². The highest BCUT2D eigenvalue weighted by molar-refractivity contribution is 6.00. The minimum atomic E-state index is -0.405. The van der Waals surface area contributed by atoms with Crippen LogP contribution in [0.1, 0.15) is 13.3 Å². The van der Waals surface area contributed by atoms with Crippen molar-refractivity contribution in [2.75, 3.05) is 37.7 Å². The molecule has 3 rings (SSSR count). The molecule has 0 radical (unpaired) electrons. The quantitative estimate of drug-likeness (QED) is 0.735. The van der Waals surface area contributed by atoms with Crippen molar-refractivity contribution in [3.8, 4) is 11.5 Å². The number of carbonyl (C=O) groups excluding carboxylic acids is 3. The molecule has 2 N–H and O–H groups in total. The van der Waals surface area contributed by atoms with Crippen molar-refractivity contribution >= 4 is 23.4 Å². The van der Waals surface area contributed by atoms with Gasteiger partial charge in [-0.2, -0.15) is 0 Å². The summed E-state index contributed by atoms with van der Waals surface area (Å²) < 4.78 is 11.0. The molecule has 8 heteroatoms. The van der Waals surface area contributed by atoms with Crippen molar-refractivity contribution in [1.82, 2.24) is 10.6 Å². The summed E-state index contributed by atoms with van der Waals surface area (Å²) in [7, 11) is 0. The maximum atomic E-state index is 12.3. The fraction of sp³-hybridized carbons (Fsp3) is 0.471. The zero-order chi connectivity index (χ0) is 17.8. The van der Waals surface area contributed by atoms with Gasteiger partial charge >= 0.3 is 0 Å². The monoisotopic (exact) mass is 347 g/mol. The molecule has 1 unspecified atom stereocenters. The largest absolute Gasteiger partial charge is 0.486 e. The third-order valence-electron chi connectivity index (χ3n) is 4.13. The molecule has 2 aliphatic rings. The number of amides is 3. The zero-order valence-electron chi connectivity index (χ0n) is 14.0. The maximum absolute atomic E-state index is 12.3. The van der Waals surface area contributed by atoms with Crippen LogP contribution in [-0.4, -0.2) is 50.6 Å². The van der Waals surface area contributed by atoms with Crippen molar-refractivity contribution in [3.05, 3.63) is 18.2 Å².